The van der Waals surface area contributed by atoms with Crippen LogP contribution in [0, 0.1) is 0 Å². The molecule has 3 atom stereocenters. The van der Waals surface area contributed by atoms with Crippen molar-refractivity contribution in [3.05, 3.63) is 36.5 Å². The zero-order valence-corrected chi connectivity index (χ0v) is 42.5. The molecule has 0 aromatic carbocycles. The molecule has 0 rings (SSSR count). The summed E-state index contributed by atoms with van der Waals surface area (Å²) in [6, 6.07) is -0.816. The number of carbonyl (C=O) groups is 1. The van der Waals surface area contributed by atoms with Crippen LogP contribution in [0.25, 0.3) is 0 Å². The van der Waals surface area contributed by atoms with Crippen molar-refractivity contribution >= 4 is 5.91 Å². The fourth-order valence-electron chi connectivity index (χ4n) is 8.79. The lowest BCUT2D eigenvalue weighted by molar-refractivity contribution is -0.131. The van der Waals surface area contributed by atoms with Gasteiger partial charge in [-0.3, -0.25) is 4.79 Å². The highest BCUT2D eigenvalue weighted by Crippen LogP contribution is 2.17. The van der Waals surface area contributed by atoms with Gasteiger partial charge in [0.25, 0.3) is 0 Å². The Morgan fingerprint density at radius 3 is 0.968 bits per heavy atom. The van der Waals surface area contributed by atoms with Crippen molar-refractivity contribution in [3.8, 4) is 0 Å². The third-order valence-electron chi connectivity index (χ3n) is 13.2. The first-order valence-electron chi connectivity index (χ1n) is 28.3. The molecule has 0 heterocycles. The third kappa shape index (κ3) is 48.3. The van der Waals surface area contributed by atoms with Crippen LogP contribution in [0.5, 0.6) is 0 Å². The van der Waals surface area contributed by atoms with Crippen molar-refractivity contribution in [2.24, 2.45) is 0 Å². The highest BCUT2D eigenvalue weighted by atomic mass is 16.3. The molecule has 5 nitrogen and oxygen atoms in total. The lowest BCUT2D eigenvalue weighted by atomic mass is 10.0. The van der Waals surface area contributed by atoms with Crippen molar-refractivity contribution in [1.82, 2.24) is 5.32 Å². The summed E-state index contributed by atoms with van der Waals surface area (Å²) in [4.78, 5) is 12.5. The van der Waals surface area contributed by atoms with Gasteiger partial charge in [-0.25, -0.2) is 0 Å². The predicted octanol–water partition coefficient (Wildman–Crippen LogP) is 17.4. The summed E-state index contributed by atoms with van der Waals surface area (Å²) in [6.07, 6.45) is 69.4. The molecule has 0 fully saturated rings. The molecule has 372 valence electrons. The summed E-state index contributed by atoms with van der Waals surface area (Å²) in [5.74, 6) is -0.510. The average molecular weight is 887 g/mol. The van der Waals surface area contributed by atoms with E-state index in [2.05, 4.69) is 43.5 Å². The molecule has 0 bridgehead atoms. The van der Waals surface area contributed by atoms with E-state index in [9.17, 15) is 20.1 Å². The molecule has 0 radical (unpaired) electrons. The van der Waals surface area contributed by atoms with Crippen LogP contribution in [0.15, 0.2) is 36.5 Å². The molecule has 0 aromatic rings. The number of hydrogen-bond acceptors (Lipinski definition) is 4. The minimum Gasteiger partial charge on any atom is -0.394 e. The SMILES string of the molecule is CCCCCCCCCCCCCC/C=C\CCCCCCCCCCCCC(O)C(=O)NC(CO)C(O)/C=C/CC/C=C/CCCCCCCCCCCCCCCCCCC. The molecule has 0 aliphatic heterocycles. The highest BCUT2D eigenvalue weighted by molar-refractivity contribution is 5.80. The maximum atomic E-state index is 12.5. The monoisotopic (exact) mass is 886 g/mol. The second kappa shape index (κ2) is 53.2. The number of unbranched alkanes of at least 4 members (excludes halogenated alkanes) is 40. The van der Waals surface area contributed by atoms with Crippen LogP contribution in [0.2, 0.25) is 0 Å². The maximum absolute atomic E-state index is 12.5. The Kier molecular flexibility index (Phi) is 52.0. The lowest BCUT2D eigenvalue weighted by Gasteiger charge is -2.21. The van der Waals surface area contributed by atoms with E-state index < -0.39 is 24.2 Å². The molecule has 0 spiro atoms. The normalized spacial score (nSPS) is 13.5. The topological polar surface area (TPSA) is 89.8 Å². The van der Waals surface area contributed by atoms with Gasteiger partial charge in [-0.05, 0) is 57.8 Å². The standard InChI is InChI=1S/C58H111NO4/c1-3-5-7-9-11-13-15-17-19-21-23-25-27-28-29-31-33-35-37-39-41-43-45-47-49-51-53-57(62)58(63)59-55(54-60)56(61)52-50-48-46-44-42-40-38-36-34-32-30-26-24-22-20-18-16-14-12-10-8-6-4-2/h28-29,42,44,50,52,55-57,60-62H,3-27,30-41,43,45-49,51,53-54H2,1-2H3,(H,59,63)/b29-28-,44-42+,52-50+. The Balaban J connectivity index is 3.61. The summed E-state index contributed by atoms with van der Waals surface area (Å²) < 4.78 is 0. The van der Waals surface area contributed by atoms with Crippen molar-refractivity contribution in [2.45, 2.75) is 321 Å². The van der Waals surface area contributed by atoms with Gasteiger partial charge in [0.1, 0.15) is 6.10 Å². The number of hydrogen-bond donors (Lipinski definition) is 4. The van der Waals surface area contributed by atoms with Crippen molar-refractivity contribution in [2.75, 3.05) is 6.61 Å². The van der Waals surface area contributed by atoms with Crippen LogP contribution >= 0.6 is 0 Å². The predicted molar refractivity (Wildman–Crippen MR) is 278 cm³/mol. The quantitative estimate of drug-likeness (QED) is 0.0362. The van der Waals surface area contributed by atoms with Gasteiger partial charge in [-0.1, -0.05) is 281 Å². The van der Waals surface area contributed by atoms with Crippen LogP contribution in [0.3, 0.4) is 0 Å². The number of carbonyl (C=O) groups excluding carboxylic acids is 1. The second-order valence-electron chi connectivity index (χ2n) is 19.5. The van der Waals surface area contributed by atoms with Gasteiger partial charge in [0, 0.05) is 0 Å². The highest BCUT2D eigenvalue weighted by Gasteiger charge is 2.22. The summed E-state index contributed by atoms with van der Waals surface area (Å²) >= 11 is 0. The van der Waals surface area contributed by atoms with Crippen LogP contribution < -0.4 is 5.32 Å². The van der Waals surface area contributed by atoms with Crippen molar-refractivity contribution < 1.29 is 20.1 Å². The smallest absolute Gasteiger partial charge is 0.249 e. The summed E-state index contributed by atoms with van der Waals surface area (Å²) in [6.45, 7) is 4.21. The minimum atomic E-state index is -1.11. The maximum Gasteiger partial charge on any atom is 0.249 e. The number of nitrogens with one attached hydrogen (secondary N) is 1. The minimum absolute atomic E-state index is 0.375. The van der Waals surface area contributed by atoms with E-state index in [1.165, 1.54) is 244 Å². The van der Waals surface area contributed by atoms with Gasteiger partial charge >= 0.3 is 0 Å². The van der Waals surface area contributed by atoms with E-state index >= 15 is 0 Å². The Morgan fingerprint density at radius 1 is 0.381 bits per heavy atom. The molecular formula is C58H111NO4. The van der Waals surface area contributed by atoms with E-state index in [1.807, 2.05) is 6.08 Å². The lowest BCUT2D eigenvalue weighted by Crippen LogP contribution is -2.48. The van der Waals surface area contributed by atoms with Gasteiger partial charge in [-0.15, -0.1) is 0 Å². The molecule has 0 saturated heterocycles. The molecule has 5 heteroatoms. The third-order valence-corrected chi connectivity index (χ3v) is 13.2. The molecule has 63 heavy (non-hydrogen) atoms. The van der Waals surface area contributed by atoms with Gasteiger partial charge in [0.05, 0.1) is 18.8 Å². The Bertz CT molecular complexity index is 978. The van der Waals surface area contributed by atoms with Crippen LogP contribution in [-0.4, -0.2) is 46.1 Å². The van der Waals surface area contributed by atoms with Gasteiger partial charge in [0.2, 0.25) is 5.91 Å². The zero-order valence-electron chi connectivity index (χ0n) is 42.5. The fourth-order valence-corrected chi connectivity index (χ4v) is 8.79. The number of amides is 1. The first-order chi connectivity index (χ1) is 31.1. The number of aliphatic hydroxyl groups excluding tert-OH is 3. The van der Waals surface area contributed by atoms with E-state index in [0.717, 1.165) is 38.5 Å². The van der Waals surface area contributed by atoms with E-state index in [-0.39, 0.29) is 6.61 Å². The van der Waals surface area contributed by atoms with Crippen molar-refractivity contribution in [1.29, 1.82) is 0 Å². The second-order valence-corrected chi connectivity index (χ2v) is 19.5. The first kappa shape index (κ1) is 61.6. The van der Waals surface area contributed by atoms with Crippen LogP contribution in [-0.2, 0) is 4.79 Å². The average Bonchev–Trinajstić information content (AvgIpc) is 3.29. The Morgan fingerprint density at radius 2 is 0.651 bits per heavy atom. The molecular weight excluding hydrogens is 775 g/mol. The molecule has 0 saturated carbocycles. The summed E-state index contributed by atoms with van der Waals surface area (Å²) in [5, 5.41) is 33.3. The van der Waals surface area contributed by atoms with Crippen LogP contribution in [0.1, 0.15) is 303 Å². The first-order valence-corrected chi connectivity index (χ1v) is 28.3. The Hall–Kier alpha value is -1.43. The number of rotatable bonds is 52. The molecule has 0 aromatic heterocycles. The van der Waals surface area contributed by atoms with Crippen LogP contribution in [0.4, 0.5) is 0 Å². The molecule has 0 aliphatic carbocycles. The van der Waals surface area contributed by atoms with Gasteiger partial charge in [-0.2, -0.15) is 0 Å². The molecule has 3 unspecified atom stereocenters. The van der Waals surface area contributed by atoms with Crippen molar-refractivity contribution in [3.63, 3.8) is 0 Å². The number of aliphatic hydroxyl groups is 3. The van der Waals surface area contributed by atoms with E-state index in [0.29, 0.717) is 6.42 Å². The summed E-state index contributed by atoms with van der Waals surface area (Å²) in [5.41, 5.74) is 0. The molecule has 4 N–H and O–H groups in total. The van der Waals surface area contributed by atoms with E-state index in [1.54, 1.807) is 6.08 Å². The molecule has 0 aliphatic rings. The Labute approximate surface area is 394 Å². The van der Waals surface area contributed by atoms with Gasteiger partial charge < -0.3 is 20.6 Å². The molecule has 1 amide bonds. The summed E-state index contributed by atoms with van der Waals surface area (Å²) in [7, 11) is 0. The zero-order chi connectivity index (χ0) is 45.8. The van der Waals surface area contributed by atoms with Gasteiger partial charge in [0.15, 0.2) is 0 Å². The largest absolute Gasteiger partial charge is 0.394 e. The fraction of sp³-hybridized carbons (Fsp3) is 0.879. The van der Waals surface area contributed by atoms with E-state index in [4.69, 9.17) is 0 Å². The number of allylic oxidation sites excluding steroid dienone is 5.